The second-order valence-electron chi connectivity index (χ2n) is 6.20. The fourth-order valence-corrected chi connectivity index (χ4v) is 4.06. The molecule has 3 heterocycles. The van der Waals surface area contributed by atoms with E-state index in [1.165, 1.54) is 29.7 Å². The Bertz CT molecular complexity index is 1060. The van der Waals surface area contributed by atoms with E-state index in [0.29, 0.717) is 29.6 Å². The number of nitrogens with one attached hydrogen (secondary N) is 1. The van der Waals surface area contributed by atoms with Crippen molar-refractivity contribution >= 4 is 44.1 Å². The zero-order valence-corrected chi connectivity index (χ0v) is 16.3. The number of hydrogen-bond donors (Lipinski definition) is 1. The molecule has 0 saturated carbocycles. The molecule has 10 nitrogen and oxygen atoms in total. The van der Waals surface area contributed by atoms with Gasteiger partial charge in [0.1, 0.15) is 11.3 Å². The number of nitrogens with zero attached hydrogens (tertiary/aromatic N) is 4. The van der Waals surface area contributed by atoms with Gasteiger partial charge < -0.3 is 24.5 Å². The Morgan fingerprint density at radius 3 is 2.76 bits per heavy atom. The maximum Gasteiger partial charge on any atom is 0.363 e. The molecular weight excluding hydrogens is 398 g/mol. The highest BCUT2D eigenvalue weighted by Gasteiger charge is 2.20. The maximum atomic E-state index is 12.5. The second-order valence-corrected chi connectivity index (χ2v) is 7.20. The molecule has 1 aliphatic heterocycles. The third-order valence-corrected chi connectivity index (χ3v) is 5.47. The van der Waals surface area contributed by atoms with Crippen LogP contribution in [0.1, 0.15) is 10.4 Å². The first kappa shape index (κ1) is 19.0. The molecule has 0 unspecified atom stereocenters. The van der Waals surface area contributed by atoms with E-state index in [2.05, 4.69) is 20.2 Å². The van der Waals surface area contributed by atoms with Crippen LogP contribution in [0, 0.1) is 10.1 Å². The standard InChI is InChI=1S/C18H17N5O5S/c1-27-13-4-3-12(22-6-8-28-9-7-22)16-15(13)20-18(29-16)21-17(24)11-2-5-14(19-10-11)23(25)26/h2-5,10H,6-9H2,1H3,(H,20,21,24). The molecule has 0 bridgehead atoms. The Morgan fingerprint density at radius 1 is 1.31 bits per heavy atom. The lowest BCUT2D eigenvalue weighted by atomic mass is 10.2. The van der Waals surface area contributed by atoms with E-state index in [4.69, 9.17) is 9.47 Å². The van der Waals surface area contributed by atoms with E-state index in [-0.39, 0.29) is 11.4 Å². The highest BCUT2D eigenvalue weighted by molar-refractivity contribution is 7.23. The molecule has 29 heavy (non-hydrogen) atoms. The van der Waals surface area contributed by atoms with Crippen molar-refractivity contribution in [3.8, 4) is 5.75 Å². The van der Waals surface area contributed by atoms with E-state index in [1.807, 2.05) is 12.1 Å². The lowest BCUT2D eigenvalue weighted by molar-refractivity contribution is -0.389. The smallest absolute Gasteiger partial charge is 0.363 e. The SMILES string of the molecule is COc1ccc(N2CCOCC2)c2sc(NC(=O)c3ccc([N+](=O)[O-])nc3)nc12. The lowest BCUT2D eigenvalue weighted by Gasteiger charge is -2.29. The average Bonchev–Trinajstić information content (AvgIpc) is 3.17. The molecule has 0 radical (unpaired) electrons. The number of ether oxygens (including phenoxy) is 2. The quantitative estimate of drug-likeness (QED) is 0.499. The van der Waals surface area contributed by atoms with Gasteiger partial charge in [0.15, 0.2) is 11.3 Å². The van der Waals surface area contributed by atoms with E-state index in [1.54, 1.807) is 7.11 Å². The Balaban J connectivity index is 1.63. The van der Waals surface area contributed by atoms with Gasteiger partial charge in [-0.25, -0.2) is 4.98 Å². The van der Waals surface area contributed by atoms with Gasteiger partial charge >= 0.3 is 5.82 Å². The van der Waals surface area contributed by atoms with Crippen molar-refractivity contribution < 1.29 is 19.2 Å². The first-order chi connectivity index (χ1) is 14.1. The predicted octanol–water partition coefficient (Wildman–Crippen LogP) is 2.70. The normalized spacial score (nSPS) is 14.0. The summed E-state index contributed by atoms with van der Waals surface area (Å²) in [4.78, 5) is 33.0. The van der Waals surface area contributed by atoms with Crippen LogP contribution in [0.3, 0.4) is 0 Å². The minimum atomic E-state index is -0.616. The van der Waals surface area contributed by atoms with Crippen LogP contribution in [-0.4, -0.2) is 54.2 Å². The summed E-state index contributed by atoms with van der Waals surface area (Å²) in [5.41, 5.74) is 1.88. The minimum Gasteiger partial charge on any atom is -0.494 e. The number of thiazole rings is 1. The number of pyridine rings is 1. The van der Waals surface area contributed by atoms with E-state index >= 15 is 0 Å². The van der Waals surface area contributed by atoms with Crippen molar-refractivity contribution in [1.29, 1.82) is 0 Å². The highest BCUT2D eigenvalue weighted by atomic mass is 32.1. The summed E-state index contributed by atoms with van der Waals surface area (Å²) in [7, 11) is 1.57. The molecule has 3 aromatic rings. The number of nitro groups is 1. The number of methoxy groups -OCH3 is 1. The van der Waals surface area contributed by atoms with E-state index in [9.17, 15) is 14.9 Å². The molecule has 11 heteroatoms. The molecule has 1 saturated heterocycles. The molecule has 1 aromatic carbocycles. The van der Waals surface area contributed by atoms with Crippen molar-refractivity contribution in [2.24, 2.45) is 0 Å². The number of rotatable bonds is 5. The fourth-order valence-electron chi connectivity index (χ4n) is 3.04. The van der Waals surface area contributed by atoms with Crippen molar-refractivity contribution in [3.63, 3.8) is 0 Å². The topological polar surface area (TPSA) is 120 Å². The van der Waals surface area contributed by atoms with Gasteiger partial charge in [-0.1, -0.05) is 11.3 Å². The Morgan fingerprint density at radius 2 is 2.10 bits per heavy atom. The van der Waals surface area contributed by atoms with Crippen LogP contribution >= 0.6 is 11.3 Å². The molecule has 1 amide bonds. The molecule has 2 aromatic heterocycles. The van der Waals surface area contributed by atoms with Gasteiger partial charge in [-0.05, 0) is 28.1 Å². The first-order valence-electron chi connectivity index (χ1n) is 8.79. The number of carbonyl (C=O) groups excluding carboxylic acids is 1. The van der Waals surface area contributed by atoms with Gasteiger partial charge in [0.05, 0.1) is 36.3 Å². The second kappa shape index (κ2) is 7.97. The highest BCUT2D eigenvalue weighted by Crippen LogP contribution is 2.39. The van der Waals surface area contributed by atoms with Gasteiger partial charge in [0, 0.05) is 19.2 Å². The van der Waals surface area contributed by atoms with Crippen molar-refractivity contribution in [1.82, 2.24) is 9.97 Å². The molecule has 0 spiro atoms. The molecule has 1 N–H and O–H groups in total. The summed E-state index contributed by atoms with van der Waals surface area (Å²) in [5, 5.41) is 13.8. The Hall–Kier alpha value is -3.31. The molecular formula is C18H17N5O5S. The number of benzene rings is 1. The number of amides is 1. The van der Waals surface area contributed by atoms with Gasteiger partial charge in [-0.2, -0.15) is 0 Å². The lowest BCUT2D eigenvalue weighted by Crippen LogP contribution is -2.36. The summed E-state index contributed by atoms with van der Waals surface area (Å²) in [6, 6.07) is 6.38. The van der Waals surface area contributed by atoms with E-state index < -0.39 is 10.8 Å². The monoisotopic (exact) mass is 415 g/mol. The maximum absolute atomic E-state index is 12.5. The molecule has 0 aliphatic carbocycles. The molecule has 150 valence electrons. The Kier molecular flexibility index (Phi) is 5.23. The summed E-state index contributed by atoms with van der Waals surface area (Å²) >= 11 is 1.34. The van der Waals surface area contributed by atoms with Crippen LogP contribution in [0.5, 0.6) is 5.75 Å². The minimum absolute atomic E-state index is 0.204. The van der Waals surface area contributed by atoms with Crippen LogP contribution in [0.4, 0.5) is 16.6 Å². The van der Waals surface area contributed by atoms with Crippen molar-refractivity contribution in [2.45, 2.75) is 0 Å². The fraction of sp³-hybridized carbons (Fsp3) is 0.278. The number of morpholine rings is 1. The Labute approximate surface area is 169 Å². The predicted molar refractivity (Wildman–Crippen MR) is 108 cm³/mol. The van der Waals surface area contributed by atoms with Crippen LogP contribution in [0.2, 0.25) is 0 Å². The summed E-state index contributed by atoms with van der Waals surface area (Å²) < 4.78 is 11.8. The molecule has 1 aliphatic rings. The third-order valence-electron chi connectivity index (χ3n) is 4.48. The number of hydrogen-bond acceptors (Lipinski definition) is 9. The molecule has 0 atom stereocenters. The zero-order chi connectivity index (χ0) is 20.4. The van der Waals surface area contributed by atoms with Crippen LogP contribution in [0.15, 0.2) is 30.5 Å². The summed E-state index contributed by atoms with van der Waals surface area (Å²) in [6.07, 6.45) is 1.17. The largest absolute Gasteiger partial charge is 0.494 e. The number of anilines is 2. The van der Waals surface area contributed by atoms with Gasteiger partial charge in [0.2, 0.25) is 0 Å². The number of aromatic nitrogens is 2. The first-order valence-corrected chi connectivity index (χ1v) is 9.60. The number of carbonyl (C=O) groups is 1. The van der Waals surface area contributed by atoms with E-state index in [0.717, 1.165) is 23.5 Å². The van der Waals surface area contributed by atoms with Gasteiger partial charge in [-0.15, -0.1) is 0 Å². The van der Waals surface area contributed by atoms with Gasteiger partial charge in [0.25, 0.3) is 5.91 Å². The average molecular weight is 415 g/mol. The molecule has 4 rings (SSSR count). The van der Waals surface area contributed by atoms with Crippen molar-refractivity contribution in [3.05, 3.63) is 46.1 Å². The number of fused-ring (bicyclic) bond motifs is 1. The van der Waals surface area contributed by atoms with Crippen LogP contribution in [0.25, 0.3) is 10.2 Å². The third kappa shape index (κ3) is 3.82. The molecule has 1 fully saturated rings. The van der Waals surface area contributed by atoms with Crippen molar-refractivity contribution in [2.75, 3.05) is 43.6 Å². The zero-order valence-electron chi connectivity index (χ0n) is 15.5. The van der Waals surface area contributed by atoms with Crippen LogP contribution in [-0.2, 0) is 4.74 Å². The summed E-state index contributed by atoms with van der Waals surface area (Å²) in [5.74, 6) is -0.148. The van der Waals surface area contributed by atoms with Gasteiger partial charge in [-0.3, -0.25) is 10.1 Å². The summed E-state index contributed by atoms with van der Waals surface area (Å²) in [6.45, 7) is 2.86. The van der Waals surface area contributed by atoms with Crippen LogP contribution < -0.4 is 15.0 Å².